The third-order valence-electron chi connectivity index (χ3n) is 5.23. The van der Waals surface area contributed by atoms with Crippen molar-refractivity contribution in [3.05, 3.63) is 102 Å². The molecule has 4 rings (SSSR count). The van der Waals surface area contributed by atoms with E-state index in [0.717, 1.165) is 34.7 Å². The van der Waals surface area contributed by atoms with Crippen LogP contribution in [-0.4, -0.2) is 29.7 Å². The summed E-state index contributed by atoms with van der Waals surface area (Å²) < 4.78 is 2.12. The lowest BCUT2D eigenvalue weighted by Gasteiger charge is -2.11. The van der Waals surface area contributed by atoms with Gasteiger partial charge in [0.2, 0.25) is 7.98 Å². The average Bonchev–Trinajstić information content (AvgIpc) is 3.37. The molecule has 0 amide bonds. The number of pyridine rings is 1. The monoisotopic (exact) mass is 392 g/mol. The fraction of sp³-hybridized carbons (Fsp3) is 0.120. The highest BCUT2D eigenvalue weighted by Gasteiger charge is 2.16. The summed E-state index contributed by atoms with van der Waals surface area (Å²) >= 11 is 0. The molecule has 30 heavy (non-hydrogen) atoms. The molecular weight excluding hydrogens is 367 g/mol. The molecule has 2 N–H and O–H groups in total. The first-order valence-electron chi connectivity index (χ1n) is 10.2. The molecule has 4 nitrogen and oxygen atoms in total. The zero-order chi connectivity index (χ0) is 20.9. The number of aliphatic imine (C=N–C) groups is 1. The predicted molar refractivity (Wildman–Crippen MR) is 129 cm³/mol. The summed E-state index contributed by atoms with van der Waals surface area (Å²) in [6.45, 7) is 2.71. The Morgan fingerprint density at radius 2 is 1.90 bits per heavy atom. The summed E-state index contributed by atoms with van der Waals surface area (Å²) in [6.07, 6.45) is 11.0. The first kappa shape index (κ1) is 19.9. The van der Waals surface area contributed by atoms with Crippen molar-refractivity contribution in [3.63, 3.8) is 0 Å². The van der Waals surface area contributed by atoms with Crippen LogP contribution in [0.15, 0.2) is 95.4 Å². The lowest BCUT2D eigenvalue weighted by atomic mass is 10.0. The topological polar surface area (TPSA) is 56.2 Å². The van der Waals surface area contributed by atoms with Crippen molar-refractivity contribution in [1.82, 2.24) is 9.46 Å². The number of nitrogens with zero attached hydrogens (tertiary/aromatic N) is 3. The Bertz CT molecular complexity index is 1150. The standard InChI is InChI=1S/C25H25BN4/c1-18-17-21(29-25(18)22(13-14-27)24-6-4-16-30(24)26)12-9-19-7-10-20(11-8-19)23-5-2-3-15-28-23/h2-12,15-17H,13-14,26-27H2,1H3/b12-9+,25-22-. The van der Waals surface area contributed by atoms with Crippen LogP contribution in [0.5, 0.6) is 0 Å². The molecule has 0 atom stereocenters. The van der Waals surface area contributed by atoms with E-state index in [1.165, 1.54) is 16.8 Å². The smallest absolute Gasteiger partial charge is 0.223 e. The van der Waals surface area contributed by atoms with E-state index in [1.807, 2.05) is 24.4 Å². The van der Waals surface area contributed by atoms with E-state index in [0.29, 0.717) is 6.54 Å². The second-order valence-corrected chi connectivity index (χ2v) is 7.40. The van der Waals surface area contributed by atoms with Gasteiger partial charge in [-0.25, -0.2) is 4.99 Å². The zero-order valence-electron chi connectivity index (χ0n) is 17.4. The Morgan fingerprint density at radius 1 is 1.07 bits per heavy atom. The maximum Gasteiger partial charge on any atom is 0.223 e. The first-order chi connectivity index (χ1) is 14.7. The summed E-state index contributed by atoms with van der Waals surface area (Å²) in [6, 6.07) is 18.5. The molecule has 0 saturated heterocycles. The van der Waals surface area contributed by atoms with Gasteiger partial charge in [0.05, 0.1) is 17.1 Å². The SMILES string of the molecule is Bn1cccc1/C(CCN)=C1N=C(/C=C/c2ccc(-c3ccccn3)cc2)C=C\1C. The first-order valence-corrected chi connectivity index (χ1v) is 10.2. The summed E-state index contributed by atoms with van der Waals surface area (Å²) in [7, 11) is 2.06. The van der Waals surface area contributed by atoms with Crippen LogP contribution in [0, 0.1) is 0 Å². The van der Waals surface area contributed by atoms with E-state index in [2.05, 4.69) is 85.2 Å². The second kappa shape index (κ2) is 8.93. The van der Waals surface area contributed by atoms with Crippen LogP contribution >= 0.6 is 0 Å². The lowest BCUT2D eigenvalue weighted by molar-refractivity contribution is 0.997. The number of aromatic nitrogens is 2. The van der Waals surface area contributed by atoms with E-state index in [4.69, 9.17) is 10.7 Å². The fourth-order valence-electron chi connectivity index (χ4n) is 3.70. The zero-order valence-corrected chi connectivity index (χ0v) is 17.4. The van der Waals surface area contributed by atoms with Gasteiger partial charge >= 0.3 is 0 Å². The largest absolute Gasteiger partial charge is 0.399 e. The van der Waals surface area contributed by atoms with Crippen LogP contribution in [0.25, 0.3) is 22.9 Å². The number of allylic oxidation sites excluding steroid dienone is 3. The van der Waals surface area contributed by atoms with Crippen molar-refractivity contribution >= 4 is 25.3 Å². The average molecular weight is 392 g/mol. The summed E-state index contributed by atoms with van der Waals surface area (Å²) in [5.74, 6) is 0. The molecule has 0 unspecified atom stereocenters. The number of rotatable bonds is 6. The second-order valence-electron chi connectivity index (χ2n) is 7.40. The molecule has 3 heterocycles. The molecule has 0 aliphatic carbocycles. The molecule has 3 aromatic rings. The molecule has 1 aliphatic heterocycles. The van der Waals surface area contributed by atoms with Crippen LogP contribution < -0.4 is 5.73 Å². The molecule has 1 aliphatic rings. The molecule has 0 saturated carbocycles. The van der Waals surface area contributed by atoms with Crippen LogP contribution in [0.4, 0.5) is 0 Å². The van der Waals surface area contributed by atoms with E-state index in [9.17, 15) is 0 Å². The Morgan fingerprint density at radius 3 is 2.57 bits per heavy atom. The maximum absolute atomic E-state index is 5.89. The van der Waals surface area contributed by atoms with Gasteiger partial charge in [-0.15, -0.1) is 0 Å². The van der Waals surface area contributed by atoms with Crippen molar-refractivity contribution in [2.75, 3.05) is 6.54 Å². The number of hydrogen-bond donors (Lipinski definition) is 1. The van der Waals surface area contributed by atoms with Gasteiger partial charge in [-0.1, -0.05) is 36.4 Å². The van der Waals surface area contributed by atoms with Crippen molar-refractivity contribution in [1.29, 1.82) is 0 Å². The van der Waals surface area contributed by atoms with Gasteiger partial charge in [-0.2, -0.15) is 0 Å². The van der Waals surface area contributed by atoms with Gasteiger partial charge in [-0.05, 0) is 73.6 Å². The molecule has 148 valence electrons. The fourth-order valence-corrected chi connectivity index (χ4v) is 3.70. The summed E-state index contributed by atoms with van der Waals surface area (Å²) in [4.78, 5) is 9.31. The summed E-state index contributed by atoms with van der Waals surface area (Å²) in [5.41, 5.74) is 14.6. The van der Waals surface area contributed by atoms with Crippen molar-refractivity contribution < 1.29 is 0 Å². The number of hydrogen-bond acceptors (Lipinski definition) is 3. The van der Waals surface area contributed by atoms with Crippen LogP contribution in [-0.2, 0) is 0 Å². The Hall–Kier alpha value is -3.44. The minimum Gasteiger partial charge on any atom is -0.399 e. The molecule has 0 fully saturated rings. The predicted octanol–water partition coefficient (Wildman–Crippen LogP) is 4.12. The highest BCUT2D eigenvalue weighted by atomic mass is 14.9. The maximum atomic E-state index is 5.89. The van der Waals surface area contributed by atoms with Gasteiger partial charge in [0.25, 0.3) is 0 Å². The van der Waals surface area contributed by atoms with E-state index >= 15 is 0 Å². The highest BCUT2D eigenvalue weighted by molar-refractivity contribution is 6.11. The minimum absolute atomic E-state index is 0.598. The van der Waals surface area contributed by atoms with Crippen molar-refractivity contribution in [2.45, 2.75) is 13.3 Å². The van der Waals surface area contributed by atoms with Gasteiger partial charge in [-0.3, -0.25) is 4.98 Å². The molecule has 0 spiro atoms. The molecule has 5 heteroatoms. The highest BCUT2D eigenvalue weighted by Crippen LogP contribution is 2.31. The van der Waals surface area contributed by atoms with E-state index in [-0.39, 0.29) is 0 Å². The van der Waals surface area contributed by atoms with Crippen molar-refractivity contribution in [3.8, 4) is 11.3 Å². The summed E-state index contributed by atoms with van der Waals surface area (Å²) in [5, 5.41) is 0. The van der Waals surface area contributed by atoms with Gasteiger partial charge in [0.1, 0.15) is 0 Å². The van der Waals surface area contributed by atoms with Crippen LogP contribution in [0.3, 0.4) is 0 Å². The minimum atomic E-state index is 0.598. The number of nitrogens with two attached hydrogens (primary N) is 1. The lowest BCUT2D eigenvalue weighted by Crippen LogP contribution is -2.05. The van der Waals surface area contributed by atoms with Gasteiger partial charge < -0.3 is 10.2 Å². The van der Waals surface area contributed by atoms with E-state index < -0.39 is 0 Å². The molecule has 1 aromatic carbocycles. The molecule has 0 bridgehead atoms. The molecule has 0 radical (unpaired) electrons. The van der Waals surface area contributed by atoms with Crippen LogP contribution in [0.1, 0.15) is 24.6 Å². The van der Waals surface area contributed by atoms with Gasteiger partial charge in [0.15, 0.2) is 0 Å². The van der Waals surface area contributed by atoms with Crippen molar-refractivity contribution in [2.24, 2.45) is 10.7 Å². The van der Waals surface area contributed by atoms with Crippen LogP contribution in [0.2, 0.25) is 0 Å². The third kappa shape index (κ3) is 4.26. The van der Waals surface area contributed by atoms with Gasteiger partial charge in [0, 0.05) is 23.0 Å². The Labute approximate surface area is 178 Å². The quantitative estimate of drug-likeness (QED) is 0.642. The Balaban J connectivity index is 1.58. The molecular formula is C25H25BN4. The number of benzene rings is 1. The normalized spacial score (nSPS) is 15.4. The molecule has 2 aromatic heterocycles. The van der Waals surface area contributed by atoms with E-state index in [1.54, 1.807) is 0 Å². The Kier molecular flexibility index (Phi) is 5.91. The third-order valence-corrected chi connectivity index (χ3v) is 5.23.